The predicted molar refractivity (Wildman–Crippen MR) is 136 cm³/mol. The topological polar surface area (TPSA) is 102 Å². The van der Waals surface area contributed by atoms with Crippen LogP contribution in [0, 0.1) is 5.92 Å². The molecule has 0 radical (unpaired) electrons. The Morgan fingerprint density at radius 1 is 0.914 bits per heavy atom. The molecule has 6 heteroatoms. The standard InChI is InChI=1S/C29H32N2O4/c30-27(29(33)34)18-20-6-8-25(9-7-20)28(32)31-19-26(24-14-16-35-17-15-24)23-12-10-22(11-13-23)21-4-2-1-3-5-21/h1-13,24,26-27H,14-19,30H2,(H,31,32)(H,33,34)/t26-,27-/m0/s1. The number of ether oxygens (including phenoxy) is 1. The van der Waals surface area contributed by atoms with Gasteiger partial charge in [0.1, 0.15) is 6.04 Å². The largest absolute Gasteiger partial charge is 0.480 e. The molecular formula is C29H32N2O4. The number of rotatable bonds is 9. The van der Waals surface area contributed by atoms with E-state index in [-0.39, 0.29) is 18.2 Å². The Bertz CT molecular complexity index is 1110. The summed E-state index contributed by atoms with van der Waals surface area (Å²) in [7, 11) is 0. The van der Waals surface area contributed by atoms with E-state index in [1.807, 2.05) is 18.2 Å². The highest BCUT2D eigenvalue weighted by molar-refractivity contribution is 5.94. The molecule has 4 N–H and O–H groups in total. The minimum absolute atomic E-state index is 0.142. The van der Waals surface area contributed by atoms with Crippen LogP contribution in [0.5, 0.6) is 0 Å². The van der Waals surface area contributed by atoms with E-state index in [0.29, 0.717) is 18.0 Å². The SMILES string of the molecule is N[C@@H](Cc1ccc(C(=O)NC[C@@H](c2ccc(-c3ccccc3)cc2)C2CCOCC2)cc1)C(=O)O. The summed E-state index contributed by atoms with van der Waals surface area (Å²) < 4.78 is 5.58. The Hall–Kier alpha value is -3.48. The number of hydrogen-bond donors (Lipinski definition) is 3. The van der Waals surface area contributed by atoms with E-state index in [9.17, 15) is 9.59 Å². The van der Waals surface area contributed by atoms with E-state index in [1.54, 1.807) is 24.3 Å². The summed E-state index contributed by atoms with van der Waals surface area (Å²) in [6, 6.07) is 25.0. The monoisotopic (exact) mass is 472 g/mol. The third-order valence-electron chi connectivity index (χ3n) is 6.75. The van der Waals surface area contributed by atoms with Gasteiger partial charge >= 0.3 is 5.97 Å². The van der Waals surface area contributed by atoms with Gasteiger partial charge in [-0.3, -0.25) is 9.59 Å². The van der Waals surface area contributed by atoms with Gasteiger partial charge in [-0.05, 0) is 59.6 Å². The van der Waals surface area contributed by atoms with Crippen LogP contribution in [0.25, 0.3) is 11.1 Å². The molecule has 1 aliphatic heterocycles. The van der Waals surface area contributed by atoms with Gasteiger partial charge in [0.05, 0.1) is 0 Å². The van der Waals surface area contributed by atoms with Gasteiger partial charge in [-0.25, -0.2) is 0 Å². The third kappa shape index (κ3) is 6.56. The molecule has 6 nitrogen and oxygen atoms in total. The minimum atomic E-state index is -1.04. The van der Waals surface area contributed by atoms with Crippen LogP contribution < -0.4 is 11.1 Å². The van der Waals surface area contributed by atoms with Gasteiger partial charge in [-0.1, -0.05) is 66.7 Å². The lowest BCUT2D eigenvalue weighted by Gasteiger charge is -2.31. The number of carboxylic acids is 1. The van der Waals surface area contributed by atoms with Crippen molar-refractivity contribution in [3.05, 3.63) is 95.6 Å². The van der Waals surface area contributed by atoms with Gasteiger partial charge in [0.2, 0.25) is 0 Å². The molecule has 0 bridgehead atoms. The molecule has 1 aliphatic rings. The minimum Gasteiger partial charge on any atom is -0.480 e. The van der Waals surface area contributed by atoms with Crippen LogP contribution >= 0.6 is 0 Å². The maximum Gasteiger partial charge on any atom is 0.320 e. The Labute approximate surface area is 206 Å². The highest BCUT2D eigenvalue weighted by Gasteiger charge is 2.26. The lowest BCUT2D eigenvalue weighted by atomic mass is 9.80. The van der Waals surface area contributed by atoms with Gasteiger partial charge in [-0.2, -0.15) is 0 Å². The first-order valence-corrected chi connectivity index (χ1v) is 12.1. The number of hydrogen-bond acceptors (Lipinski definition) is 4. The zero-order valence-corrected chi connectivity index (χ0v) is 19.7. The molecule has 182 valence electrons. The van der Waals surface area contributed by atoms with Gasteiger partial charge in [0.25, 0.3) is 5.91 Å². The summed E-state index contributed by atoms with van der Waals surface area (Å²) in [6.07, 6.45) is 2.17. The summed E-state index contributed by atoms with van der Waals surface area (Å²) in [4.78, 5) is 23.9. The number of nitrogens with two attached hydrogens (primary N) is 1. The molecule has 4 rings (SSSR count). The number of nitrogens with one attached hydrogen (secondary N) is 1. The molecule has 1 amide bonds. The summed E-state index contributed by atoms with van der Waals surface area (Å²) >= 11 is 0. The molecule has 2 atom stereocenters. The van der Waals surface area contributed by atoms with Crippen LogP contribution in [-0.2, 0) is 16.0 Å². The van der Waals surface area contributed by atoms with Crippen LogP contribution in [0.3, 0.4) is 0 Å². The summed E-state index contributed by atoms with van der Waals surface area (Å²) in [5.41, 5.74) is 10.5. The van der Waals surface area contributed by atoms with E-state index in [2.05, 4.69) is 41.7 Å². The maximum atomic E-state index is 12.9. The molecule has 0 saturated carbocycles. The molecule has 0 spiro atoms. The first-order valence-electron chi connectivity index (χ1n) is 12.1. The van der Waals surface area contributed by atoms with Crippen molar-refractivity contribution in [2.45, 2.75) is 31.2 Å². The lowest BCUT2D eigenvalue weighted by Crippen LogP contribution is -2.33. The Morgan fingerprint density at radius 2 is 1.54 bits per heavy atom. The Morgan fingerprint density at radius 3 is 2.17 bits per heavy atom. The second kappa shape index (κ2) is 11.8. The van der Waals surface area contributed by atoms with Crippen molar-refractivity contribution in [2.24, 2.45) is 11.7 Å². The van der Waals surface area contributed by atoms with Crippen molar-refractivity contribution in [3.8, 4) is 11.1 Å². The van der Waals surface area contributed by atoms with E-state index in [4.69, 9.17) is 15.6 Å². The molecule has 0 unspecified atom stereocenters. The van der Waals surface area contributed by atoms with Gasteiger partial charge in [0, 0.05) is 31.2 Å². The molecule has 1 heterocycles. The number of benzene rings is 3. The smallest absolute Gasteiger partial charge is 0.320 e. The summed E-state index contributed by atoms with van der Waals surface area (Å²) in [5.74, 6) is -0.549. The van der Waals surface area contributed by atoms with Crippen LogP contribution in [0.15, 0.2) is 78.9 Å². The number of amides is 1. The number of carbonyl (C=O) groups is 2. The molecule has 35 heavy (non-hydrogen) atoms. The predicted octanol–water partition coefficient (Wildman–Crippen LogP) is 4.25. The molecule has 1 saturated heterocycles. The second-order valence-corrected chi connectivity index (χ2v) is 9.10. The fourth-order valence-electron chi connectivity index (χ4n) is 4.67. The van der Waals surface area contributed by atoms with Crippen LogP contribution in [0.1, 0.15) is 40.2 Å². The van der Waals surface area contributed by atoms with Crippen molar-refractivity contribution >= 4 is 11.9 Å². The highest BCUT2D eigenvalue weighted by atomic mass is 16.5. The molecule has 1 fully saturated rings. The van der Waals surface area contributed by atoms with Crippen molar-refractivity contribution in [1.82, 2.24) is 5.32 Å². The van der Waals surface area contributed by atoms with Gasteiger partial charge in [0.15, 0.2) is 0 Å². The number of carbonyl (C=O) groups excluding carboxylic acids is 1. The zero-order chi connectivity index (χ0) is 24.6. The first kappa shape index (κ1) is 24.6. The fraction of sp³-hybridized carbons (Fsp3) is 0.310. The fourth-order valence-corrected chi connectivity index (χ4v) is 4.67. The quantitative estimate of drug-likeness (QED) is 0.432. The molecule has 0 aromatic heterocycles. The van der Waals surface area contributed by atoms with Crippen LogP contribution in [0.4, 0.5) is 0 Å². The highest BCUT2D eigenvalue weighted by Crippen LogP contribution is 2.33. The van der Waals surface area contributed by atoms with E-state index in [0.717, 1.165) is 31.6 Å². The van der Waals surface area contributed by atoms with Crippen molar-refractivity contribution in [2.75, 3.05) is 19.8 Å². The molecule has 3 aromatic carbocycles. The Kier molecular flexibility index (Phi) is 8.29. The number of aliphatic carboxylic acids is 1. The zero-order valence-electron chi connectivity index (χ0n) is 19.7. The first-order chi connectivity index (χ1) is 17.0. The van der Waals surface area contributed by atoms with Crippen molar-refractivity contribution in [1.29, 1.82) is 0 Å². The van der Waals surface area contributed by atoms with Crippen LogP contribution in [-0.4, -0.2) is 42.8 Å². The summed E-state index contributed by atoms with van der Waals surface area (Å²) in [5, 5.41) is 12.1. The van der Waals surface area contributed by atoms with E-state index >= 15 is 0 Å². The summed E-state index contributed by atoms with van der Waals surface area (Å²) in [6.45, 7) is 2.04. The number of carboxylic acid groups (broad SMARTS) is 1. The molecular weight excluding hydrogens is 440 g/mol. The average molecular weight is 473 g/mol. The van der Waals surface area contributed by atoms with Crippen molar-refractivity contribution < 1.29 is 19.4 Å². The molecule has 3 aromatic rings. The lowest BCUT2D eigenvalue weighted by molar-refractivity contribution is -0.138. The van der Waals surface area contributed by atoms with Crippen LogP contribution in [0.2, 0.25) is 0 Å². The average Bonchev–Trinajstić information content (AvgIpc) is 2.90. The van der Waals surface area contributed by atoms with Gasteiger partial charge in [-0.15, -0.1) is 0 Å². The van der Waals surface area contributed by atoms with Gasteiger partial charge < -0.3 is 20.9 Å². The van der Waals surface area contributed by atoms with E-state index < -0.39 is 12.0 Å². The maximum absolute atomic E-state index is 12.9. The Balaban J connectivity index is 1.44. The second-order valence-electron chi connectivity index (χ2n) is 9.10. The van der Waals surface area contributed by atoms with E-state index in [1.165, 1.54) is 16.7 Å². The van der Waals surface area contributed by atoms with Crippen molar-refractivity contribution in [3.63, 3.8) is 0 Å². The molecule has 0 aliphatic carbocycles. The third-order valence-corrected chi connectivity index (χ3v) is 6.75. The normalized spacial score (nSPS) is 15.8.